The third-order valence-corrected chi connectivity index (χ3v) is 4.88. The number of aromatic nitrogens is 1. The van der Waals surface area contributed by atoms with Crippen molar-refractivity contribution in [3.05, 3.63) is 54.2 Å². The molecule has 6 nitrogen and oxygen atoms in total. The lowest BCUT2D eigenvalue weighted by Gasteiger charge is -2.22. The Hall–Kier alpha value is -2.60. The molecule has 1 amide bonds. The van der Waals surface area contributed by atoms with Crippen LogP contribution in [0, 0.1) is 5.92 Å². The highest BCUT2D eigenvalue weighted by atomic mass is 16.5. The Morgan fingerprint density at radius 1 is 1.22 bits per heavy atom. The third kappa shape index (κ3) is 5.20. The lowest BCUT2D eigenvalue weighted by atomic mass is 10.0. The number of hydrogen-bond donors (Lipinski definition) is 1. The van der Waals surface area contributed by atoms with Crippen LogP contribution in [-0.4, -0.2) is 62.7 Å². The number of anilines is 1. The van der Waals surface area contributed by atoms with Gasteiger partial charge >= 0.3 is 0 Å². The Bertz CT molecular complexity index is 734. The average Bonchev–Trinajstić information content (AvgIpc) is 3.04. The molecule has 1 N–H and O–H groups in total. The fourth-order valence-electron chi connectivity index (χ4n) is 3.60. The van der Waals surface area contributed by atoms with Crippen molar-refractivity contribution in [2.24, 2.45) is 5.92 Å². The number of rotatable bonds is 7. The van der Waals surface area contributed by atoms with Crippen LogP contribution in [0.15, 0.2) is 48.7 Å². The Morgan fingerprint density at radius 2 is 2.00 bits per heavy atom. The number of hydrogen-bond acceptors (Lipinski definition) is 5. The maximum atomic E-state index is 12.6. The molecule has 1 aromatic heterocycles. The van der Waals surface area contributed by atoms with Gasteiger partial charge in [-0.2, -0.15) is 0 Å². The molecule has 0 radical (unpaired) electrons. The Labute approximate surface area is 161 Å². The molecule has 1 saturated heterocycles. The fourth-order valence-corrected chi connectivity index (χ4v) is 3.60. The van der Waals surface area contributed by atoms with Gasteiger partial charge in [-0.1, -0.05) is 18.2 Å². The summed E-state index contributed by atoms with van der Waals surface area (Å²) in [7, 11) is 5.78. The molecule has 6 heteroatoms. The number of pyridine rings is 1. The van der Waals surface area contributed by atoms with Gasteiger partial charge in [-0.25, -0.2) is 4.98 Å². The van der Waals surface area contributed by atoms with Crippen LogP contribution in [0.4, 0.5) is 5.82 Å². The molecule has 27 heavy (non-hydrogen) atoms. The normalized spacial score (nSPS) is 19.3. The predicted octanol–water partition coefficient (Wildman–Crippen LogP) is 1.82. The highest BCUT2D eigenvalue weighted by Gasteiger charge is 2.34. The first-order valence-corrected chi connectivity index (χ1v) is 9.28. The monoisotopic (exact) mass is 368 g/mol. The lowest BCUT2D eigenvalue weighted by molar-refractivity contribution is -0.121. The zero-order chi connectivity index (χ0) is 19.2. The van der Waals surface area contributed by atoms with E-state index in [1.165, 1.54) is 0 Å². The van der Waals surface area contributed by atoms with Crippen molar-refractivity contribution < 1.29 is 9.53 Å². The van der Waals surface area contributed by atoms with E-state index in [0.29, 0.717) is 12.3 Å². The van der Waals surface area contributed by atoms with Crippen molar-refractivity contribution in [2.45, 2.75) is 12.5 Å². The molecule has 2 heterocycles. The Kier molecular flexibility index (Phi) is 6.29. The van der Waals surface area contributed by atoms with Crippen molar-refractivity contribution in [3.8, 4) is 5.75 Å². The Balaban J connectivity index is 1.63. The van der Waals surface area contributed by atoms with Crippen molar-refractivity contribution in [3.63, 3.8) is 0 Å². The number of amides is 1. The highest BCUT2D eigenvalue weighted by Crippen LogP contribution is 2.23. The molecule has 144 valence electrons. The number of methoxy groups -OCH3 is 1. The highest BCUT2D eigenvalue weighted by molar-refractivity contribution is 5.79. The minimum Gasteiger partial charge on any atom is -0.497 e. The fraction of sp³-hybridized carbons (Fsp3) is 0.429. The van der Waals surface area contributed by atoms with Gasteiger partial charge in [0.1, 0.15) is 11.6 Å². The van der Waals surface area contributed by atoms with Crippen LogP contribution in [0.1, 0.15) is 5.56 Å². The van der Waals surface area contributed by atoms with E-state index < -0.39 is 0 Å². The van der Waals surface area contributed by atoms with Gasteiger partial charge in [-0.15, -0.1) is 0 Å². The van der Waals surface area contributed by atoms with Gasteiger partial charge < -0.3 is 19.9 Å². The van der Waals surface area contributed by atoms with Crippen LogP contribution in [0.2, 0.25) is 0 Å². The average molecular weight is 368 g/mol. The molecule has 1 aliphatic heterocycles. The summed E-state index contributed by atoms with van der Waals surface area (Å²) in [5.41, 5.74) is 0.983. The van der Waals surface area contributed by atoms with Crippen molar-refractivity contribution in [1.82, 2.24) is 15.2 Å². The van der Waals surface area contributed by atoms with E-state index in [2.05, 4.69) is 34.2 Å². The first-order valence-electron chi connectivity index (χ1n) is 9.28. The zero-order valence-corrected chi connectivity index (χ0v) is 16.3. The van der Waals surface area contributed by atoms with Gasteiger partial charge in [0.15, 0.2) is 0 Å². The molecule has 2 atom stereocenters. The summed E-state index contributed by atoms with van der Waals surface area (Å²) in [4.78, 5) is 21.5. The molecular weight excluding hydrogens is 340 g/mol. The minimum atomic E-state index is 0.0526. The largest absolute Gasteiger partial charge is 0.497 e. The summed E-state index contributed by atoms with van der Waals surface area (Å²) in [5, 5.41) is 3.24. The van der Waals surface area contributed by atoms with E-state index in [1.54, 1.807) is 7.11 Å². The van der Waals surface area contributed by atoms with Crippen LogP contribution in [0.3, 0.4) is 0 Å². The van der Waals surface area contributed by atoms with Crippen LogP contribution in [0.5, 0.6) is 5.75 Å². The van der Waals surface area contributed by atoms with E-state index >= 15 is 0 Å². The molecule has 0 bridgehead atoms. The topological polar surface area (TPSA) is 57.7 Å². The van der Waals surface area contributed by atoms with E-state index in [1.807, 2.05) is 48.7 Å². The van der Waals surface area contributed by atoms with Gasteiger partial charge in [0, 0.05) is 31.7 Å². The predicted molar refractivity (Wildman–Crippen MR) is 107 cm³/mol. The molecule has 1 fully saturated rings. The number of nitrogens with zero attached hydrogens (tertiary/aromatic N) is 3. The van der Waals surface area contributed by atoms with E-state index in [9.17, 15) is 4.79 Å². The van der Waals surface area contributed by atoms with Crippen molar-refractivity contribution in [1.29, 1.82) is 0 Å². The summed E-state index contributed by atoms with van der Waals surface area (Å²) in [6.45, 7) is 2.60. The van der Waals surface area contributed by atoms with Gasteiger partial charge in [-0.05, 0) is 43.9 Å². The third-order valence-electron chi connectivity index (χ3n) is 4.88. The molecule has 3 rings (SSSR count). The zero-order valence-electron chi connectivity index (χ0n) is 16.3. The lowest BCUT2D eigenvalue weighted by Crippen LogP contribution is -2.44. The number of ether oxygens (including phenoxy) is 1. The molecule has 0 unspecified atom stereocenters. The quantitative estimate of drug-likeness (QED) is 0.808. The van der Waals surface area contributed by atoms with Gasteiger partial charge in [0.05, 0.1) is 19.6 Å². The molecular formula is C21H28N4O2. The minimum absolute atomic E-state index is 0.0526. The second kappa shape index (κ2) is 8.86. The number of carbonyl (C=O) groups excluding carboxylic acids is 1. The standard InChI is InChI=1S/C21H28N4O2/c1-24(2)13-17-14-25(20-6-4-5-11-22-20)15-19(17)23-21(26)12-16-7-9-18(27-3)10-8-16/h4-11,17,19H,12-15H2,1-3H3,(H,23,26)/t17-,19-/m1/s1. The molecule has 1 aliphatic rings. The van der Waals surface area contributed by atoms with Crippen LogP contribution >= 0.6 is 0 Å². The van der Waals surface area contributed by atoms with E-state index in [0.717, 1.165) is 36.8 Å². The van der Waals surface area contributed by atoms with Crippen LogP contribution in [0.25, 0.3) is 0 Å². The first kappa shape index (κ1) is 19.2. The maximum Gasteiger partial charge on any atom is 0.224 e. The van der Waals surface area contributed by atoms with Crippen LogP contribution in [-0.2, 0) is 11.2 Å². The number of benzene rings is 1. The molecule has 1 aromatic carbocycles. The molecule has 0 spiro atoms. The van der Waals surface area contributed by atoms with Gasteiger partial charge in [0.25, 0.3) is 0 Å². The maximum absolute atomic E-state index is 12.6. The SMILES string of the molecule is COc1ccc(CC(=O)N[C@@H]2CN(c3ccccn3)C[C@H]2CN(C)C)cc1. The van der Waals surface area contributed by atoms with Gasteiger partial charge in [-0.3, -0.25) is 4.79 Å². The summed E-state index contributed by atoms with van der Waals surface area (Å²) >= 11 is 0. The van der Waals surface area contributed by atoms with Crippen LogP contribution < -0.4 is 15.0 Å². The number of carbonyl (C=O) groups is 1. The molecule has 2 aromatic rings. The second-order valence-corrected chi connectivity index (χ2v) is 7.31. The summed E-state index contributed by atoms with van der Waals surface area (Å²) < 4.78 is 5.17. The van der Waals surface area contributed by atoms with Gasteiger partial charge in [0.2, 0.25) is 5.91 Å². The second-order valence-electron chi connectivity index (χ2n) is 7.31. The molecule has 0 saturated carbocycles. The first-order chi connectivity index (χ1) is 13.0. The molecule has 0 aliphatic carbocycles. The van der Waals surface area contributed by atoms with E-state index in [4.69, 9.17) is 4.74 Å². The van der Waals surface area contributed by atoms with E-state index in [-0.39, 0.29) is 11.9 Å². The number of nitrogens with one attached hydrogen (secondary N) is 1. The summed E-state index contributed by atoms with van der Waals surface area (Å²) in [6, 6.07) is 13.7. The van der Waals surface area contributed by atoms with Crippen molar-refractivity contribution in [2.75, 3.05) is 45.7 Å². The summed E-state index contributed by atoms with van der Waals surface area (Å²) in [5.74, 6) is 2.18. The Morgan fingerprint density at radius 3 is 2.63 bits per heavy atom. The van der Waals surface area contributed by atoms with Crippen molar-refractivity contribution >= 4 is 11.7 Å². The summed E-state index contributed by atoms with van der Waals surface area (Å²) in [6.07, 6.45) is 2.19. The smallest absolute Gasteiger partial charge is 0.224 e.